The highest BCUT2D eigenvalue weighted by Crippen LogP contribution is 2.41. The predicted octanol–water partition coefficient (Wildman–Crippen LogP) is 4.54. The van der Waals surface area contributed by atoms with Crippen molar-refractivity contribution in [1.29, 1.82) is 0 Å². The molecule has 0 spiro atoms. The number of amides is 1. The molecule has 146 valence electrons. The van der Waals surface area contributed by atoms with Gasteiger partial charge in [0.2, 0.25) is 5.78 Å². The normalized spacial score (nSPS) is 16.4. The van der Waals surface area contributed by atoms with Crippen LogP contribution in [0.3, 0.4) is 0 Å². The highest BCUT2D eigenvalue weighted by Gasteiger charge is 2.44. The summed E-state index contributed by atoms with van der Waals surface area (Å²) in [6.07, 6.45) is 0. The van der Waals surface area contributed by atoms with Crippen molar-refractivity contribution >= 4 is 23.0 Å². The Morgan fingerprint density at radius 2 is 1.79 bits per heavy atom. The molecule has 0 aliphatic carbocycles. The molecule has 0 saturated carbocycles. The molecule has 1 amide bonds. The lowest BCUT2D eigenvalue weighted by molar-refractivity contribution is -0.130. The molecule has 1 aromatic heterocycles. The van der Waals surface area contributed by atoms with E-state index in [0.29, 0.717) is 10.6 Å². The van der Waals surface area contributed by atoms with Crippen LogP contribution in [0, 0.1) is 0 Å². The third kappa shape index (κ3) is 3.43. The SMILES string of the molecule is COc1ccccc1CN1C(=O)C(O)=C(C(=O)c2cccs2)C1c1ccccc1. The number of carbonyl (C=O) groups is 2. The van der Waals surface area contributed by atoms with E-state index in [1.165, 1.54) is 16.2 Å². The molecule has 0 fully saturated rings. The van der Waals surface area contributed by atoms with E-state index in [0.717, 1.165) is 11.1 Å². The van der Waals surface area contributed by atoms with Gasteiger partial charge in [-0.25, -0.2) is 0 Å². The molecule has 1 aliphatic rings. The van der Waals surface area contributed by atoms with Crippen molar-refractivity contribution in [3.8, 4) is 5.75 Å². The molecule has 1 N–H and O–H groups in total. The predicted molar refractivity (Wildman–Crippen MR) is 111 cm³/mol. The van der Waals surface area contributed by atoms with Crippen LogP contribution in [-0.4, -0.2) is 28.8 Å². The first-order valence-corrected chi connectivity index (χ1v) is 9.99. The molecule has 2 heterocycles. The zero-order valence-electron chi connectivity index (χ0n) is 15.7. The summed E-state index contributed by atoms with van der Waals surface area (Å²) in [6.45, 7) is 0.202. The quantitative estimate of drug-likeness (QED) is 0.612. The van der Waals surface area contributed by atoms with E-state index in [9.17, 15) is 14.7 Å². The highest BCUT2D eigenvalue weighted by molar-refractivity contribution is 7.12. The summed E-state index contributed by atoms with van der Waals surface area (Å²) in [5, 5.41) is 12.5. The van der Waals surface area contributed by atoms with Crippen LogP contribution in [-0.2, 0) is 11.3 Å². The number of carbonyl (C=O) groups excluding carboxylic acids is 2. The number of para-hydroxylation sites is 1. The second-order valence-corrected chi connectivity index (χ2v) is 7.57. The van der Waals surface area contributed by atoms with Gasteiger partial charge in [-0.3, -0.25) is 9.59 Å². The lowest BCUT2D eigenvalue weighted by Gasteiger charge is -2.27. The van der Waals surface area contributed by atoms with Gasteiger partial charge in [-0.05, 0) is 23.1 Å². The van der Waals surface area contributed by atoms with Gasteiger partial charge in [0.1, 0.15) is 5.75 Å². The zero-order valence-corrected chi connectivity index (χ0v) is 16.6. The van der Waals surface area contributed by atoms with Crippen LogP contribution in [0.2, 0.25) is 0 Å². The maximum absolute atomic E-state index is 13.2. The van der Waals surface area contributed by atoms with Crippen molar-refractivity contribution in [2.45, 2.75) is 12.6 Å². The number of methoxy groups -OCH3 is 1. The molecule has 1 unspecified atom stereocenters. The van der Waals surface area contributed by atoms with Gasteiger partial charge in [0.15, 0.2) is 5.76 Å². The second-order valence-electron chi connectivity index (χ2n) is 6.63. The first-order valence-electron chi connectivity index (χ1n) is 9.11. The molecule has 3 aromatic rings. The van der Waals surface area contributed by atoms with Crippen molar-refractivity contribution in [2.75, 3.05) is 7.11 Å². The van der Waals surface area contributed by atoms with Crippen LogP contribution in [0.4, 0.5) is 0 Å². The smallest absolute Gasteiger partial charge is 0.290 e. The molecule has 1 atom stereocenters. The number of hydrogen-bond acceptors (Lipinski definition) is 5. The standard InChI is InChI=1S/C23H19NO4S/c1-28-17-11-6-5-10-16(17)14-24-20(15-8-3-2-4-9-15)19(22(26)23(24)27)21(25)18-12-7-13-29-18/h2-13,20,26H,14H2,1H3. The Balaban J connectivity index is 1.79. The fourth-order valence-electron chi connectivity index (χ4n) is 3.59. The lowest BCUT2D eigenvalue weighted by Crippen LogP contribution is -2.30. The van der Waals surface area contributed by atoms with Gasteiger partial charge >= 0.3 is 0 Å². The van der Waals surface area contributed by atoms with Gasteiger partial charge in [0, 0.05) is 5.56 Å². The molecule has 6 heteroatoms. The largest absolute Gasteiger partial charge is 0.503 e. The number of benzene rings is 2. The first kappa shape index (κ1) is 19.0. The van der Waals surface area contributed by atoms with Gasteiger partial charge in [-0.15, -0.1) is 11.3 Å². The van der Waals surface area contributed by atoms with Crippen LogP contribution >= 0.6 is 11.3 Å². The van der Waals surface area contributed by atoms with Crippen molar-refractivity contribution in [2.24, 2.45) is 0 Å². The van der Waals surface area contributed by atoms with Crippen molar-refractivity contribution in [1.82, 2.24) is 4.90 Å². The first-order chi connectivity index (χ1) is 14.1. The summed E-state index contributed by atoms with van der Waals surface area (Å²) in [5.74, 6) is -0.747. The van der Waals surface area contributed by atoms with Crippen LogP contribution < -0.4 is 4.74 Å². The molecular formula is C23H19NO4S. The van der Waals surface area contributed by atoms with E-state index >= 15 is 0 Å². The molecule has 0 radical (unpaired) electrons. The average Bonchev–Trinajstić information content (AvgIpc) is 3.38. The van der Waals surface area contributed by atoms with Gasteiger partial charge in [-0.1, -0.05) is 54.6 Å². The summed E-state index contributed by atoms with van der Waals surface area (Å²) < 4.78 is 5.41. The molecule has 29 heavy (non-hydrogen) atoms. The van der Waals surface area contributed by atoms with Gasteiger partial charge < -0.3 is 14.7 Å². The minimum absolute atomic E-state index is 0.110. The maximum Gasteiger partial charge on any atom is 0.290 e. The summed E-state index contributed by atoms with van der Waals surface area (Å²) >= 11 is 1.29. The molecule has 4 rings (SSSR count). The summed E-state index contributed by atoms with van der Waals surface area (Å²) in [4.78, 5) is 28.2. The Morgan fingerprint density at radius 3 is 2.48 bits per heavy atom. The number of hydrogen-bond donors (Lipinski definition) is 1. The van der Waals surface area contributed by atoms with Crippen molar-refractivity contribution in [3.63, 3.8) is 0 Å². The zero-order chi connectivity index (χ0) is 20.4. The number of nitrogens with zero attached hydrogens (tertiary/aromatic N) is 1. The van der Waals surface area contributed by atoms with E-state index in [2.05, 4.69) is 0 Å². The maximum atomic E-state index is 13.2. The Kier molecular flexibility index (Phi) is 5.18. The molecule has 2 aromatic carbocycles. The Labute approximate surface area is 172 Å². The minimum atomic E-state index is -0.678. The van der Waals surface area contributed by atoms with Gasteiger partial charge in [0.05, 0.1) is 30.1 Å². The summed E-state index contributed by atoms with van der Waals surface area (Å²) in [7, 11) is 1.57. The number of Topliss-reactive ketones (excluding diaryl/α,β-unsaturated/α-hetero) is 1. The number of ether oxygens (including phenoxy) is 1. The van der Waals surface area contributed by atoms with E-state index in [1.54, 1.807) is 24.6 Å². The fourth-order valence-corrected chi connectivity index (χ4v) is 4.27. The highest BCUT2D eigenvalue weighted by atomic mass is 32.1. The molecule has 0 bridgehead atoms. The van der Waals surface area contributed by atoms with Crippen molar-refractivity contribution < 1.29 is 19.4 Å². The molecule has 0 saturated heterocycles. The molecule has 1 aliphatic heterocycles. The second kappa shape index (κ2) is 7.93. The van der Waals surface area contributed by atoms with Crippen LogP contribution in [0.25, 0.3) is 0 Å². The van der Waals surface area contributed by atoms with Gasteiger partial charge in [-0.2, -0.15) is 0 Å². The number of thiophene rings is 1. The van der Waals surface area contributed by atoms with Gasteiger partial charge in [0.25, 0.3) is 5.91 Å². The Morgan fingerprint density at radius 1 is 1.07 bits per heavy atom. The minimum Gasteiger partial charge on any atom is -0.503 e. The van der Waals surface area contributed by atoms with Crippen molar-refractivity contribution in [3.05, 3.63) is 99.4 Å². The third-order valence-corrected chi connectivity index (χ3v) is 5.81. The topological polar surface area (TPSA) is 66.8 Å². The van der Waals surface area contributed by atoms with Crippen LogP contribution in [0.1, 0.15) is 26.8 Å². The number of rotatable bonds is 6. The Hall–Kier alpha value is -3.38. The van der Waals surface area contributed by atoms with Crippen LogP contribution in [0.15, 0.2) is 83.4 Å². The molecular weight excluding hydrogens is 386 g/mol. The number of aliphatic hydroxyl groups excluding tert-OH is 1. The molecule has 5 nitrogen and oxygen atoms in total. The fraction of sp³-hybridized carbons (Fsp3) is 0.130. The summed E-state index contributed by atoms with van der Waals surface area (Å²) in [5.41, 5.74) is 1.67. The summed E-state index contributed by atoms with van der Waals surface area (Å²) in [6, 6.07) is 19.5. The third-order valence-electron chi connectivity index (χ3n) is 4.94. The van der Waals surface area contributed by atoms with E-state index in [4.69, 9.17) is 4.74 Å². The van der Waals surface area contributed by atoms with E-state index in [-0.39, 0.29) is 17.9 Å². The Bertz CT molecular complexity index is 1070. The monoisotopic (exact) mass is 405 g/mol. The van der Waals surface area contributed by atoms with E-state index in [1.807, 2.05) is 54.6 Å². The van der Waals surface area contributed by atoms with E-state index < -0.39 is 17.7 Å². The number of ketones is 1. The number of aliphatic hydroxyl groups is 1. The lowest BCUT2D eigenvalue weighted by atomic mass is 9.95. The average molecular weight is 405 g/mol. The van der Waals surface area contributed by atoms with Crippen LogP contribution in [0.5, 0.6) is 5.75 Å².